The average molecular weight is 354 g/mol. The first-order valence-corrected chi connectivity index (χ1v) is 8.85. The molecule has 2 amide bonds. The molecule has 0 saturated carbocycles. The Bertz CT molecular complexity index is 774. The predicted molar refractivity (Wildman–Crippen MR) is 85.2 cm³/mol. The monoisotopic (exact) mass is 354 g/mol. The van der Waals surface area contributed by atoms with Gasteiger partial charge in [0.05, 0.1) is 13.2 Å². The Balaban J connectivity index is 2.19. The molecule has 0 spiro atoms. The Morgan fingerprint density at radius 1 is 1.17 bits per heavy atom. The van der Waals surface area contributed by atoms with E-state index < -0.39 is 32.6 Å². The van der Waals surface area contributed by atoms with Gasteiger partial charge in [-0.05, 0) is 11.6 Å². The molecule has 2 aliphatic heterocycles. The molecule has 130 valence electrons. The molecule has 1 unspecified atom stereocenters. The van der Waals surface area contributed by atoms with Crippen LogP contribution in [0.5, 0.6) is 0 Å². The number of benzene rings is 1. The zero-order chi connectivity index (χ0) is 17.5. The molecule has 2 heterocycles. The highest BCUT2D eigenvalue weighted by atomic mass is 32.2. The number of carbonyl (C=O) groups excluding carboxylic acids is 2. The molecule has 24 heavy (non-hydrogen) atoms. The van der Waals surface area contributed by atoms with Gasteiger partial charge in [0.1, 0.15) is 5.25 Å². The van der Waals surface area contributed by atoms with Gasteiger partial charge in [-0.25, -0.2) is 8.42 Å². The number of nitrogens with zero attached hydrogens (tertiary/aromatic N) is 1. The molecule has 1 aromatic rings. The second-order valence-corrected chi connectivity index (χ2v) is 7.70. The summed E-state index contributed by atoms with van der Waals surface area (Å²) in [7, 11) is -4.08. The summed E-state index contributed by atoms with van der Waals surface area (Å²) in [6, 6.07) is 6.39. The molecule has 1 atom stereocenters. The highest BCUT2D eigenvalue weighted by Gasteiger charge is 2.62. The number of hydrogen-bond acceptors (Lipinski definition) is 6. The van der Waals surface area contributed by atoms with E-state index in [0.29, 0.717) is 11.3 Å². The fourth-order valence-electron chi connectivity index (χ4n) is 3.19. The Morgan fingerprint density at radius 3 is 2.33 bits per heavy atom. The Labute approximate surface area is 139 Å². The maximum absolute atomic E-state index is 13.2. The summed E-state index contributed by atoms with van der Waals surface area (Å²) < 4.78 is 32.7. The number of anilines is 1. The first-order chi connectivity index (χ1) is 11.3. The van der Waals surface area contributed by atoms with Gasteiger partial charge in [0.2, 0.25) is 15.6 Å². The normalized spacial score (nSPS) is 23.2. The molecular weight excluding hydrogens is 336 g/mol. The van der Waals surface area contributed by atoms with Crippen molar-refractivity contribution in [3.05, 3.63) is 29.8 Å². The number of fused-ring (bicyclic) bond motifs is 1. The number of nitrogens with one attached hydrogen (secondary N) is 1. The van der Waals surface area contributed by atoms with Crippen LogP contribution in [0.2, 0.25) is 0 Å². The van der Waals surface area contributed by atoms with E-state index in [-0.39, 0.29) is 26.3 Å². The number of morpholine rings is 1. The van der Waals surface area contributed by atoms with Crippen LogP contribution in [-0.2, 0) is 24.3 Å². The number of hydrogen-bond donors (Lipinski definition) is 3. The van der Waals surface area contributed by atoms with Gasteiger partial charge >= 0.3 is 0 Å². The van der Waals surface area contributed by atoms with Gasteiger partial charge in [-0.3, -0.25) is 9.59 Å². The SMILES string of the molecule is NC(=O)C1(C(N)=O)Nc2ccccc2C1S(=O)(=O)N1CCOCC1. The molecule has 0 aliphatic carbocycles. The topological polar surface area (TPSA) is 145 Å². The number of nitrogens with two attached hydrogens (primary N) is 2. The van der Waals surface area contributed by atoms with Crippen molar-refractivity contribution in [2.75, 3.05) is 31.6 Å². The molecule has 0 radical (unpaired) electrons. The Morgan fingerprint density at radius 2 is 1.75 bits per heavy atom. The number of sulfonamides is 1. The van der Waals surface area contributed by atoms with Crippen LogP contribution in [-0.4, -0.2) is 56.4 Å². The van der Waals surface area contributed by atoms with E-state index in [1.54, 1.807) is 24.3 Å². The molecule has 10 heteroatoms. The van der Waals surface area contributed by atoms with Crippen LogP contribution in [0.1, 0.15) is 10.8 Å². The first kappa shape index (κ1) is 16.7. The Kier molecular flexibility index (Phi) is 3.98. The predicted octanol–water partition coefficient (Wildman–Crippen LogP) is -1.48. The number of amides is 2. The van der Waals surface area contributed by atoms with Crippen molar-refractivity contribution in [2.24, 2.45) is 11.5 Å². The van der Waals surface area contributed by atoms with Crippen molar-refractivity contribution in [3.8, 4) is 0 Å². The maximum atomic E-state index is 13.2. The van der Waals surface area contributed by atoms with Crippen molar-refractivity contribution < 1.29 is 22.7 Å². The fourth-order valence-corrected chi connectivity index (χ4v) is 5.41. The van der Waals surface area contributed by atoms with E-state index >= 15 is 0 Å². The fraction of sp³-hybridized carbons (Fsp3) is 0.429. The molecule has 1 aromatic carbocycles. The van der Waals surface area contributed by atoms with Crippen LogP contribution in [0.4, 0.5) is 5.69 Å². The molecule has 5 N–H and O–H groups in total. The van der Waals surface area contributed by atoms with Gasteiger partial charge in [0.25, 0.3) is 11.8 Å². The second-order valence-electron chi connectivity index (χ2n) is 5.69. The largest absolute Gasteiger partial charge is 0.379 e. The van der Waals surface area contributed by atoms with E-state index in [2.05, 4.69) is 5.32 Å². The summed E-state index contributed by atoms with van der Waals surface area (Å²) in [5.41, 5.74) is 9.24. The standard InChI is InChI=1S/C14H18N4O5S/c15-12(19)14(13(16)20)11(9-3-1-2-4-10(9)17-14)24(21,22)18-5-7-23-8-6-18/h1-4,11,17H,5-8H2,(H2,15,19)(H2,16,20). The highest BCUT2D eigenvalue weighted by molar-refractivity contribution is 7.89. The van der Waals surface area contributed by atoms with E-state index in [4.69, 9.17) is 16.2 Å². The number of carbonyl (C=O) groups is 2. The number of rotatable bonds is 4. The van der Waals surface area contributed by atoms with Gasteiger partial charge in [-0.2, -0.15) is 4.31 Å². The number of primary amides is 2. The van der Waals surface area contributed by atoms with Gasteiger partial charge < -0.3 is 21.5 Å². The van der Waals surface area contributed by atoms with E-state index in [1.807, 2.05) is 0 Å². The molecular formula is C14H18N4O5S. The van der Waals surface area contributed by atoms with E-state index in [1.165, 1.54) is 4.31 Å². The van der Waals surface area contributed by atoms with E-state index in [9.17, 15) is 18.0 Å². The second kappa shape index (κ2) is 5.72. The summed E-state index contributed by atoms with van der Waals surface area (Å²) in [6.45, 7) is 0.742. The minimum atomic E-state index is -4.08. The van der Waals surface area contributed by atoms with Crippen LogP contribution in [0.3, 0.4) is 0 Å². The minimum absolute atomic E-state index is 0.134. The molecule has 1 saturated heterocycles. The molecule has 9 nitrogen and oxygen atoms in total. The smallest absolute Gasteiger partial charge is 0.254 e. The zero-order valence-corrected chi connectivity index (χ0v) is 13.6. The van der Waals surface area contributed by atoms with Gasteiger partial charge in [-0.15, -0.1) is 0 Å². The van der Waals surface area contributed by atoms with Crippen molar-refractivity contribution in [3.63, 3.8) is 0 Å². The van der Waals surface area contributed by atoms with Gasteiger partial charge in [0, 0.05) is 18.8 Å². The van der Waals surface area contributed by atoms with Crippen molar-refractivity contribution in [1.29, 1.82) is 0 Å². The molecule has 0 aromatic heterocycles. The highest BCUT2D eigenvalue weighted by Crippen LogP contribution is 2.47. The van der Waals surface area contributed by atoms with Gasteiger partial charge in [-0.1, -0.05) is 18.2 Å². The van der Waals surface area contributed by atoms with Crippen LogP contribution in [0, 0.1) is 0 Å². The molecule has 0 bridgehead atoms. The third-order valence-corrected chi connectivity index (χ3v) is 6.66. The van der Waals surface area contributed by atoms with Crippen molar-refractivity contribution in [1.82, 2.24) is 4.31 Å². The summed E-state index contributed by atoms with van der Waals surface area (Å²) in [4.78, 5) is 24.2. The number of para-hydroxylation sites is 1. The lowest BCUT2D eigenvalue weighted by Crippen LogP contribution is -2.63. The molecule has 3 rings (SSSR count). The first-order valence-electron chi connectivity index (χ1n) is 7.35. The third kappa shape index (κ3) is 2.26. The third-order valence-electron chi connectivity index (χ3n) is 4.37. The maximum Gasteiger partial charge on any atom is 0.254 e. The minimum Gasteiger partial charge on any atom is -0.379 e. The quantitative estimate of drug-likeness (QED) is 0.563. The van der Waals surface area contributed by atoms with Crippen molar-refractivity contribution in [2.45, 2.75) is 10.8 Å². The van der Waals surface area contributed by atoms with Gasteiger partial charge in [0.15, 0.2) is 0 Å². The lowest BCUT2D eigenvalue weighted by atomic mass is 9.93. The summed E-state index contributed by atoms with van der Waals surface area (Å²) >= 11 is 0. The summed E-state index contributed by atoms with van der Waals surface area (Å²) in [5, 5.41) is 1.14. The summed E-state index contributed by atoms with van der Waals surface area (Å²) in [5.74, 6) is -2.26. The van der Waals surface area contributed by atoms with Crippen LogP contribution >= 0.6 is 0 Å². The van der Waals surface area contributed by atoms with E-state index in [0.717, 1.165) is 0 Å². The number of ether oxygens (including phenoxy) is 1. The lowest BCUT2D eigenvalue weighted by Gasteiger charge is -2.34. The average Bonchev–Trinajstić information content (AvgIpc) is 2.93. The molecule has 1 fully saturated rings. The summed E-state index contributed by atoms with van der Waals surface area (Å²) in [6.07, 6.45) is 0. The van der Waals surface area contributed by atoms with Crippen LogP contribution < -0.4 is 16.8 Å². The zero-order valence-electron chi connectivity index (χ0n) is 12.8. The molecule has 2 aliphatic rings. The van der Waals surface area contributed by atoms with Crippen LogP contribution in [0.15, 0.2) is 24.3 Å². The van der Waals surface area contributed by atoms with Crippen molar-refractivity contribution >= 4 is 27.5 Å². The Hall–Kier alpha value is -2.17. The van der Waals surface area contributed by atoms with Crippen LogP contribution in [0.25, 0.3) is 0 Å². The lowest BCUT2D eigenvalue weighted by molar-refractivity contribution is -0.132.